The average molecular weight is 212 g/mol. The largest absolute Gasteiger partial charge is 0.314 e. The lowest BCUT2D eigenvalue weighted by Gasteiger charge is -2.21. The van der Waals surface area contributed by atoms with Gasteiger partial charge in [0.2, 0.25) is 0 Å². The second-order valence-electron chi connectivity index (χ2n) is 3.69. The summed E-state index contributed by atoms with van der Waals surface area (Å²) in [5.74, 6) is 0.521. The Hall–Kier alpha value is -0.530. The number of hydrogen-bond acceptors (Lipinski definition) is 1. The predicted octanol–water partition coefficient (Wildman–Crippen LogP) is 3.44. The Labute approximate surface area is 91.5 Å². The molecule has 2 unspecified atom stereocenters. The van der Waals surface area contributed by atoms with Crippen LogP contribution in [0.4, 0.5) is 0 Å². The number of nitrogens with one attached hydrogen (secondary N) is 1. The maximum absolute atomic E-state index is 5.84. The van der Waals surface area contributed by atoms with Gasteiger partial charge in [0, 0.05) is 11.1 Å². The fraction of sp³-hybridized carbons (Fsp3) is 0.500. The molecule has 1 aromatic carbocycles. The number of rotatable bonds is 4. The first-order valence-electron chi connectivity index (χ1n) is 5.14. The molecule has 0 amide bonds. The lowest BCUT2D eigenvalue weighted by molar-refractivity contribution is 0.495. The van der Waals surface area contributed by atoms with Crippen LogP contribution in [0.25, 0.3) is 0 Å². The van der Waals surface area contributed by atoms with E-state index in [0.717, 1.165) is 11.6 Å². The molecule has 2 heteroatoms. The number of hydrogen-bond donors (Lipinski definition) is 1. The summed E-state index contributed by atoms with van der Waals surface area (Å²) >= 11 is 5.84. The van der Waals surface area contributed by atoms with Crippen LogP contribution in [-0.2, 0) is 0 Å². The molecule has 14 heavy (non-hydrogen) atoms. The highest BCUT2D eigenvalue weighted by Crippen LogP contribution is 2.20. The summed E-state index contributed by atoms with van der Waals surface area (Å²) in [5, 5.41) is 4.23. The summed E-state index contributed by atoms with van der Waals surface area (Å²) in [6, 6.07) is 8.60. The molecular formula is C12H18ClN. The topological polar surface area (TPSA) is 12.0 Å². The van der Waals surface area contributed by atoms with Crippen molar-refractivity contribution in [2.75, 3.05) is 6.54 Å². The fourth-order valence-electron chi connectivity index (χ4n) is 1.55. The smallest absolute Gasteiger partial charge is 0.0406 e. The highest BCUT2D eigenvalue weighted by Gasteiger charge is 2.12. The first kappa shape index (κ1) is 11.5. The van der Waals surface area contributed by atoms with E-state index in [1.54, 1.807) is 0 Å². The van der Waals surface area contributed by atoms with Gasteiger partial charge in [-0.15, -0.1) is 0 Å². The van der Waals surface area contributed by atoms with E-state index in [1.165, 1.54) is 5.56 Å². The van der Waals surface area contributed by atoms with E-state index in [9.17, 15) is 0 Å². The van der Waals surface area contributed by atoms with E-state index in [4.69, 9.17) is 11.6 Å². The van der Waals surface area contributed by atoms with Gasteiger partial charge in [-0.1, -0.05) is 37.6 Å². The van der Waals surface area contributed by atoms with E-state index in [-0.39, 0.29) is 0 Å². The Bertz CT molecular complexity index is 268. The van der Waals surface area contributed by atoms with Crippen molar-refractivity contribution in [3.05, 3.63) is 34.9 Å². The fourth-order valence-corrected chi connectivity index (χ4v) is 1.68. The minimum atomic E-state index is 0.501. The summed E-state index contributed by atoms with van der Waals surface area (Å²) in [7, 11) is 0. The van der Waals surface area contributed by atoms with Crippen molar-refractivity contribution in [2.24, 2.45) is 0 Å². The van der Waals surface area contributed by atoms with Gasteiger partial charge in [0.15, 0.2) is 0 Å². The first-order chi connectivity index (χ1) is 6.65. The monoisotopic (exact) mass is 211 g/mol. The summed E-state index contributed by atoms with van der Waals surface area (Å²) in [5.41, 5.74) is 1.34. The standard InChI is InChI=1S/C12H18ClN/c1-4-14-10(3)9(2)11-5-7-12(13)8-6-11/h5-10,14H,4H2,1-3H3. The van der Waals surface area contributed by atoms with Crippen molar-refractivity contribution < 1.29 is 0 Å². The van der Waals surface area contributed by atoms with Crippen molar-refractivity contribution >= 4 is 11.6 Å². The van der Waals surface area contributed by atoms with Gasteiger partial charge in [-0.3, -0.25) is 0 Å². The lowest BCUT2D eigenvalue weighted by Crippen LogP contribution is -2.30. The molecule has 0 bridgehead atoms. The van der Waals surface area contributed by atoms with Crippen molar-refractivity contribution in [1.29, 1.82) is 0 Å². The zero-order valence-electron chi connectivity index (χ0n) is 9.05. The van der Waals surface area contributed by atoms with E-state index in [2.05, 4.69) is 38.2 Å². The molecule has 0 spiro atoms. The zero-order valence-corrected chi connectivity index (χ0v) is 9.81. The molecule has 0 aliphatic rings. The molecule has 0 aliphatic heterocycles. The third-order valence-electron chi connectivity index (χ3n) is 2.67. The Morgan fingerprint density at radius 3 is 2.29 bits per heavy atom. The molecule has 1 nitrogen and oxygen atoms in total. The maximum atomic E-state index is 5.84. The summed E-state index contributed by atoms with van der Waals surface area (Å²) in [6.07, 6.45) is 0. The summed E-state index contributed by atoms with van der Waals surface area (Å²) in [4.78, 5) is 0. The molecule has 0 radical (unpaired) electrons. The van der Waals surface area contributed by atoms with Gasteiger partial charge < -0.3 is 5.32 Å². The van der Waals surface area contributed by atoms with Crippen LogP contribution in [0.1, 0.15) is 32.3 Å². The number of benzene rings is 1. The molecule has 78 valence electrons. The van der Waals surface area contributed by atoms with Crippen LogP contribution in [0.3, 0.4) is 0 Å². The van der Waals surface area contributed by atoms with E-state index in [1.807, 2.05) is 12.1 Å². The van der Waals surface area contributed by atoms with Crippen molar-refractivity contribution in [1.82, 2.24) is 5.32 Å². The van der Waals surface area contributed by atoms with Gasteiger partial charge in [0.05, 0.1) is 0 Å². The molecule has 1 N–H and O–H groups in total. The van der Waals surface area contributed by atoms with Gasteiger partial charge in [-0.05, 0) is 37.1 Å². The van der Waals surface area contributed by atoms with Gasteiger partial charge >= 0.3 is 0 Å². The second kappa shape index (κ2) is 5.38. The van der Waals surface area contributed by atoms with Crippen molar-refractivity contribution in [2.45, 2.75) is 32.7 Å². The third-order valence-corrected chi connectivity index (χ3v) is 2.92. The Balaban J connectivity index is 2.68. The zero-order chi connectivity index (χ0) is 10.6. The van der Waals surface area contributed by atoms with Gasteiger partial charge in [0.25, 0.3) is 0 Å². The van der Waals surface area contributed by atoms with Gasteiger partial charge in [-0.2, -0.15) is 0 Å². The highest BCUT2D eigenvalue weighted by atomic mass is 35.5. The third kappa shape index (κ3) is 3.00. The molecule has 0 saturated heterocycles. The molecule has 1 aromatic rings. The molecule has 1 rings (SSSR count). The van der Waals surface area contributed by atoms with Crippen LogP contribution in [0.5, 0.6) is 0 Å². The van der Waals surface area contributed by atoms with E-state index >= 15 is 0 Å². The summed E-state index contributed by atoms with van der Waals surface area (Å²) in [6.45, 7) is 7.59. The number of halogens is 1. The van der Waals surface area contributed by atoms with Crippen molar-refractivity contribution in [3.63, 3.8) is 0 Å². The molecule has 0 aromatic heterocycles. The van der Waals surface area contributed by atoms with Gasteiger partial charge in [0.1, 0.15) is 0 Å². The quantitative estimate of drug-likeness (QED) is 0.805. The van der Waals surface area contributed by atoms with Crippen LogP contribution in [0.2, 0.25) is 5.02 Å². The van der Waals surface area contributed by atoms with Crippen LogP contribution in [-0.4, -0.2) is 12.6 Å². The first-order valence-corrected chi connectivity index (χ1v) is 5.51. The normalized spacial score (nSPS) is 15.1. The minimum Gasteiger partial charge on any atom is -0.314 e. The highest BCUT2D eigenvalue weighted by molar-refractivity contribution is 6.30. The summed E-state index contributed by atoms with van der Waals surface area (Å²) < 4.78 is 0. The Morgan fingerprint density at radius 2 is 1.79 bits per heavy atom. The van der Waals surface area contributed by atoms with E-state index in [0.29, 0.717) is 12.0 Å². The van der Waals surface area contributed by atoms with Crippen molar-refractivity contribution in [3.8, 4) is 0 Å². The second-order valence-corrected chi connectivity index (χ2v) is 4.12. The number of likely N-dealkylation sites (N-methyl/N-ethyl adjacent to an activating group) is 1. The molecule has 0 aliphatic carbocycles. The van der Waals surface area contributed by atoms with Crippen LogP contribution < -0.4 is 5.32 Å². The molecule has 0 saturated carbocycles. The van der Waals surface area contributed by atoms with Gasteiger partial charge in [-0.25, -0.2) is 0 Å². The van der Waals surface area contributed by atoms with E-state index < -0.39 is 0 Å². The van der Waals surface area contributed by atoms with Crippen LogP contribution >= 0.6 is 11.6 Å². The molecule has 0 fully saturated rings. The minimum absolute atomic E-state index is 0.501. The SMILES string of the molecule is CCNC(C)C(C)c1ccc(Cl)cc1. The average Bonchev–Trinajstić information content (AvgIpc) is 2.18. The lowest BCUT2D eigenvalue weighted by atomic mass is 9.94. The molecular weight excluding hydrogens is 194 g/mol. The Kier molecular flexibility index (Phi) is 4.43. The van der Waals surface area contributed by atoms with Crippen LogP contribution in [0.15, 0.2) is 24.3 Å². The molecule has 2 atom stereocenters. The molecule has 0 heterocycles. The Morgan fingerprint density at radius 1 is 1.21 bits per heavy atom. The van der Waals surface area contributed by atoms with Crippen LogP contribution in [0, 0.1) is 0 Å². The maximum Gasteiger partial charge on any atom is 0.0406 e. The predicted molar refractivity (Wildman–Crippen MR) is 63.0 cm³/mol.